The van der Waals surface area contributed by atoms with Crippen molar-refractivity contribution < 1.29 is 13.6 Å². The number of rotatable bonds is 7. The lowest BCUT2D eigenvalue weighted by Crippen LogP contribution is -2.60. The number of benzene rings is 2. The summed E-state index contributed by atoms with van der Waals surface area (Å²) in [7, 11) is 0. The number of carbonyl (C=O) groups excluding carboxylic acids is 1. The van der Waals surface area contributed by atoms with Crippen LogP contribution in [0.2, 0.25) is 0 Å². The van der Waals surface area contributed by atoms with Crippen molar-refractivity contribution >= 4 is 16.7 Å². The molecule has 0 spiro atoms. The Balaban J connectivity index is 1.56. The van der Waals surface area contributed by atoms with E-state index in [0.29, 0.717) is 23.9 Å². The maximum Gasteiger partial charge on any atom is 0.272 e. The molecule has 3 aromatic rings. The van der Waals surface area contributed by atoms with Gasteiger partial charge in [-0.3, -0.25) is 9.59 Å². The molecule has 1 aliphatic rings. The lowest BCUT2D eigenvalue weighted by molar-refractivity contribution is 0.0562. The van der Waals surface area contributed by atoms with E-state index in [1.54, 1.807) is 29.2 Å². The van der Waals surface area contributed by atoms with Gasteiger partial charge in [-0.05, 0) is 36.7 Å². The summed E-state index contributed by atoms with van der Waals surface area (Å²) in [6.45, 7) is 3.99. The molecule has 0 saturated carbocycles. The summed E-state index contributed by atoms with van der Waals surface area (Å²) >= 11 is 0. The maximum atomic E-state index is 15.4. The fourth-order valence-electron chi connectivity index (χ4n) is 3.78. The van der Waals surface area contributed by atoms with E-state index in [2.05, 4.69) is 22.4 Å². The van der Waals surface area contributed by atoms with Gasteiger partial charge < -0.3 is 10.2 Å². The van der Waals surface area contributed by atoms with E-state index in [1.807, 2.05) is 0 Å². The molecule has 1 amide bonds. The largest absolute Gasteiger partial charge is 0.335 e. The minimum Gasteiger partial charge on any atom is -0.335 e. The summed E-state index contributed by atoms with van der Waals surface area (Å²) in [5, 5.41) is 10.2. The van der Waals surface area contributed by atoms with Crippen molar-refractivity contribution in [2.24, 2.45) is 0 Å². The Morgan fingerprint density at radius 1 is 1.26 bits per heavy atom. The van der Waals surface area contributed by atoms with Crippen LogP contribution in [0, 0.1) is 5.82 Å². The van der Waals surface area contributed by atoms with Gasteiger partial charge in [0, 0.05) is 24.5 Å². The number of amides is 1. The van der Waals surface area contributed by atoms with E-state index in [-0.39, 0.29) is 22.9 Å². The Morgan fingerprint density at radius 2 is 2.00 bits per heavy atom. The minimum atomic E-state index is -1.73. The number of halogens is 2. The average molecular weight is 426 g/mol. The maximum absolute atomic E-state index is 15.4. The van der Waals surface area contributed by atoms with Crippen molar-refractivity contribution in [2.45, 2.75) is 32.0 Å². The van der Waals surface area contributed by atoms with Crippen molar-refractivity contribution in [1.29, 1.82) is 0 Å². The summed E-state index contributed by atoms with van der Waals surface area (Å²) in [5.41, 5.74) is -0.459. The first-order valence-electron chi connectivity index (χ1n) is 10.4. The molecule has 8 heteroatoms. The minimum absolute atomic E-state index is 0.0179. The fraction of sp³-hybridized carbons (Fsp3) is 0.348. The van der Waals surface area contributed by atoms with Crippen LogP contribution >= 0.6 is 0 Å². The summed E-state index contributed by atoms with van der Waals surface area (Å²) < 4.78 is 29.8. The molecule has 1 fully saturated rings. The number of hydrogen-bond acceptors (Lipinski definition) is 4. The number of unbranched alkanes of at least 4 members (excludes halogenated alkanes) is 1. The van der Waals surface area contributed by atoms with Crippen LogP contribution in [0.3, 0.4) is 0 Å². The third-order valence-corrected chi connectivity index (χ3v) is 5.61. The highest BCUT2D eigenvalue weighted by atomic mass is 19.1. The number of fused-ring (bicyclic) bond motifs is 1. The Bertz CT molecular complexity index is 1160. The molecule has 2 aromatic carbocycles. The normalized spacial score (nSPS) is 15.1. The Morgan fingerprint density at radius 3 is 2.74 bits per heavy atom. The van der Waals surface area contributed by atoms with Crippen LogP contribution < -0.4 is 10.9 Å². The van der Waals surface area contributed by atoms with Gasteiger partial charge in [-0.25, -0.2) is 13.9 Å². The molecule has 1 atom stereocenters. The lowest BCUT2D eigenvalue weighted by atomic mass is 9.99. The SMILES string of the molecule is CCCCNC1CN(C(=O)c2cc(C(F)c3n[nH]c(=O)c4ccccc34)ccc2F)C1. The van der Waals surface area contributed by atoms with Crippen molar-refractivity contribution in [3.63, 3.8) is 0 Å². The topological polar surface area (TPSA) is 78.1 Å². The zero-order chi connectivity index (χ0) is 22.0. The molecule has 1 saturated heterocycles. The molecule has 2 N–H and O–H groups in total. The number of nitrogens with one attached hydrogen (secondary N) is 2. The Hall–Kier alpha value is -3.13. The van der Waals surface area contributed by atoms with Gasteiger partial charge in [0.2, 0.25) is 0 Å². The van der Waals surface area contributed by atoms with Gasteiger partial charge in [0.15, 0.2) is 6.17 Å². The average Bonchev–Trinajstić information content (AvgIpc) is 2.75. The number of hydrogen-bond donors (Lipinski definition) is 2. The van der Waals surface area contributed by atoms with Crippen molar-refractivity contribution in [2.75, 3.05) is 19.6 Å². The Labute approximate surface area is 178 Å². The fourth-order valence-corrected chi connectivity index (χ4v) is 3.78. The first kappa shape index (κ1) is 21.1. The second-order valence-electron chi connectivity index (χ2n) is 7.80. The predicted molar refractivity (Wildman–Crippen MR) is 114 cm³/mol. The molecular weight excluding hydrogens is 402 g/mol. The lowest BCUT2D eigenvalue weighted by Gasteiger charge is -2.40. The molecule has 2 heterocycles. The van der Waals surface area contributed by atoms with Crippen LogP contribution in [-0.4, -0.2) is 46.7 Å². The molecular formula is C23H24F2N4O2. The van der Waals surface area contributed by atoms with Crippen LogP contribution in [-0.2, 0) is 0 Å². The molecule has 0 bridgehead atoms. The van der Waals surface area contributed by atoms with E-state index in [4.69, 9.17) is 0 Å². The van der Waals surface area contributed by atoms with E-state index in [1.165, 1.54) is 12.1 Å². The molecule has 162 valence electrons. The van der Waals surface area contributed by atoms with Crippen LogP contribution in [0.4, 0.5) is 8.78 Å². The molecule has 0 radical (unpaired) electrons. The first-order valence-corrected chi connectivity index (χ1v) is 10.4. The zero-order valence-electron chi connectivity index (χ0n) is 17.2. The molecule has 1 aromatic heterocycles. The highest BCUT2D eigenvalue weighted by Gasteiger charge is 2.32. The number of nitrogens with zero attached hydrogens (tertiary/aromatic N) is 2. The smallest absolute Gasteiger partial charge is 0.272 e. The third kappa shape index (κ3) is 4.20. The van der Waals surface area contributed by atoms with E-state index in [9.17, 15) is 14.0 Å². The first-order chi connectivity index (χ1) is 15.0. The number of alkyl halides is 1. The summed E-state index contributed by atoms with van der Waals surface area (Å²) in [4.78, 5) is 26.3. The van der Waals surface area contributed by atoms with E-state index >= 15 is 4.39 Å². The van der Waals surface area contributed by atoms with Crippen LogP contribution in [0.5, 0.6) is 0 Å². The molecule has 1 aliphatic heterocycles. The second-order valence-corrected chi connectivity index (χ2v) is 7.80. The Kier molecular flexibility index (Phi) is 6.08. The summed E-state index contributed by atoms with van der Waals surface area (Å²) in [5.74, 6) is -1.15. The van der Waals surface area contributed by atoms with Gasteiger partial charge in [-0.15, -0.1) is 0 Å². The van der Waals surface area contributed by atoms with Gasteiger partial charge >= 0.3 is 0 Å². The van der Waals surface area contributed by atoms with Crippen LogP contribution in [0.1, 0.15) is 47.6 Å². The van der Waals surface area contributed by atoms with E-state index < -0.39 is 23.5 Å². The quantitative estimate of drug-likeness (QED) is 0.568. The molecule has 31 heavy (non-hydrogen) atoms. The van der Waals surface area contributed by atoms with Gasteiger partial charge in [0.1, 0.15) is 11.5 Å². The monoisotopic (exact) mass is 426 g/mol. The molecule has 6 nitrogen and oxygen atoms in total. The predicted octanol–water partition coefficient (Wildman–Crippen LogP) is 3.34. The van der Waals surface area contributed by atoms with Crippen molar-refractivity contribution in [3.8, 4) is 0 Å². The van der Waals surface area contributed by atoms with E-state index in [0.717, 1.165) is 25.5 Å². The number of aromatic amines is 1. The third-order valence-electron chi connectivity index (χ3n) is 5.61. The highest BCUT2D eigenvalue weighted by molar-refractivity contribution is 5.95. The van der Waals surface area contributed by atoms with Gasteiger partial charge in [0.25, 0.3) is 11.5 Å². The van der Waals surface area contributed by atoms with Gasteiger partial charge in [-0.2, -0.15) is 5.10 Å². The zero-order valence-corrected chi connectivity index (χ0v) is 17.2. The standard InChI is InChI=1S/C23H24F2N4O2/c1-2-3-10-26-15-12-29(13-15)23(31)18-11-14(8-9-19(18)24)20(25)21-16-6-4-5-7-17(16)22(30)28-27-21/h4-9,11,15,20,26H,2-3,10,12-13H2,1H3,(H,28,30). The van der Waals surface area contributed by atoms with Crippen LogP contribution in [0.25, 0.3) is 10.8 Å². The van der Waals surface area contributed by atoms with Crippen molar-refractivity contribution in [1.82, 2.24) is 20.4 Å². The summed E-state index contributed by atoms with van der Waals surface area (Å²) in [6, 6.07) is 10.4. The molecule has 4 rings (SSSR count). The highest BCUT2D eigenvalue weighted by Crippen LogP contribution is 2.30. The number of carbonyl (C=O) groups is 1. The molecule has 1 unspecified atom stereocenters. The number of aromatic nitrogens is 2. The van der Waals surface area contributed by atoms with Gasteiger partial charge in [-0.1, -0.05) is 37.6 Å². The number of likely N-dealkylation sites (tertiary alicyclic amines) is 1. The van der Waals surface area contributed by atoms with Crippen molar-refractivity contribution in [3.05, 3.63) is 75.5 Å². The molecule has 0 aliphatic carbocycles. The second kappa shape index (κ2) is 8.93. The number of H-pyrrole nitrogens is 1. The summed E-state index contributed by atoms with van der Waals surface area (Å²) in [6.07, 6.45) is 0.421. The van der Waals surface area contributed by atoms with Crippen LogP contribution in [0.15, 0.2) is 47.3 Å². The van der Waals surface area contributed by atoms with Gasteiger partial charge in [0.05, 0.1) is 10.9 Å².